The SMILES string of the molecule is CCc1cc(CC(C)C(C)CNC2CC2)n(CC)n1. The van der Waals surface area contributed by atoms with E-state index in [1.54, 1.807) is 0 Å². The highest BCUT2D eigenvalue weighted by molar-refractivity contribution is 5.11. The zero-order chi connectivity index (χ0) is 13.8. The molecule has 2 unspecified atom stereocenters. The maximum absolute atomic E-state index is 4.64. The van der Waals surface area contributed by atoms with Crippen molar-refractivity contribution < 1.29 is 0 Å². The van der Waals surface area contributed by atoms with Crippen molar-refractivity contribution in [1.29, 1.82) is 0 Å². The summed E-state index contributed by atoms with van der Waals surface area (Å²) in [5.74, 6) is 1.43. The molecule has 0 bridgehead atoms. The van der Waals surface area contributed by atoms with E-state index in [1.807, 2.05) is 0 Å². The maximum atomic E-state index is 4.64. The summed E-state index contributed by atoms with van der Waals surface area (Å²) in [6.45, 7) is 11.2. The Balaban J connectivity index is 1.88. The quantitative estimate of drug-likeness (QED) is 0.781. The van der Waals surface area contributed by atoms with Gasteiger partial charge in [-0.15, -0.1) is 0 Å². The number of hydrogen-bond donors (Lipinski definition) is 1. The first-order valence-electron chi connectivity index (χ1n) is 7.93. The first kappa shape index (κ1) is 14.6. The summed E-state index contributed by atoms with van der Waals surface area (Å²) in [5, 5.41) is 8.29. The summed E-state index contributed by atoms with van der Waals surface area (Å²) < 4.78 is 2.18. The Morgan fingerprint density at radius 3 is 2.63 bits per heavy atom. The lowest BCUT2D eigenvalue weighted by Gasteiger charge is -2.20. The molecule has 0 amide bonds. The average Bonchev–Trinajstić information content (AvgIpc) is 3.16. The summed E-state index contributed by atoms with van der Waals surface area (Å²) >= 11 is 0. The van der Waals surface area contributed by atoms with E-state index in [0.29, 0.717) is 5.92 Å². The van der Waals surface area contributed by atoms with E-state index in [4.69, 9.17) is 0 Å². The molecular formula is C16H29N3. The highest BCUT2D eigenvalue weighted by Gasteiger charge is 2.22. The highest BCUT2D eigenvalue weighted by Crippen LogP contribution is 2.22. The van der Waals surface area contributed by atoms with Crippen molar-refractivity contribution in [3.63, 3.8) is 0 Å². The Morgan fingerprint density at radius 1 is 1.32 bits per heavy atom. The third kappa shape index (κ3) is 4.07. The van der Waals surface area contributed by atoms with Gasteiger partial charge in [-0.25, -0.2) is 0 Å². The van der Waals surface area contributed by atoms with E-state index in [0.717, 1.165) is 37.9 Å². The topological polar surface area (TPSA) is 29.9 Å². The number of aryl methyl sites for hydroxylation is 2. The molecule has 0 aliphatic heterocycles. The minimum atomic E-state index is 0.706. The predicted molar refractivity (Wildman–Crippen MR) is 80.3 cm³/mol. The predicted octanol–water partition coefficient (Wildman–Crippen LogP) is 3.03. The van der Waals surface area contributed by atoms with Gasteiger partial charge in [0, 0.05) is 18.3 Å². The van der Waals surface area contributed by atoms with Gasteiger partial charge in [0.1, 0.15) is 0 Å². The third-order valence-electron chi connectivity index (χ3n) is 4.38. The van der Waals surface area contributed by atoms with Gasteiger partial charge < -0.3 is 5.32 Å². The van der Waals surface area contributed by atoms with Crippen LogP contribution in [-0.4, -0.2) is 22.4 Å². The fraction of sp³-hybridized carbons (Fsp3) is 0.812. The standard InChI is InChI=1S/C16H29N3/c1-5-14-10-16(19(6-2)18-14)9-12(3)13(4)11-17-15-7-8-15/h10,12-13,15,17H,5-9,11H2,1-4H3. The summed E-state index contributed by atoms with van der Waals surface area (Å²) in [4.78, 5) is 0. The third-order valence-corrected chi connectivity index (χ3v) is 4.38. The lowest BCUT2D eigenvalue weighted by molar-refractivity contribution is 0.356. The lowest BCUT2D eigenvalue weighted by atomic mass is 9.91. The summed E-state index contributed by atoms with van der Waals surface area (Å²) in [5.41, 5.74) is 2.64. The van der Waals surface area contributed by atoms with Crippen molar-refractivity contribution in [1.82, 2.24) is 15.1 Å². The van der Waals surface area contributed by atoms with Crippen LogP contribution in [0.15, 0.2) is 6.07 Å². The summed E-state index contributed by atoms with van der Waals surface area (Å²) in [6, 6.07) is 3.11. The van der Waals surface area contributed by atoms with E-state index < -0.39 is 0 Å². The molecule has 1 aromatic heterocycles. The molecule has 1 heterocycles. The number of rotatable bonds is 8. The molecule has 108 valence electrons. The van der Waals surface area contributed by atoms with Crippen LogP contribution in [-0.2, 0) is 19.4 Å². The molecule has 1 N–H and O–H groups in total. The molecule has 3 nitrogen and oxygen atoms in total. The van der Waals surface area contributed by atoms with Crippen LogP contribution in [0.25, 0.3) is 0 Å². The molecular weight excluding hydrogens is 234 g/mol. The molecule has 1 aliphatic rings. The fourth-order valence-electron chi connectivity index (χ4n) is 2.50. The van der Waals surface area contributed by atoms with Gasteiger partial charge in [0.25, 0.3) is 0 Å². The zero-order valence-electron chi connectivity index (χ0n) is 12.9. The molecule has 1 aromatic rings. The molecule has 0 spiro atoms. The van der Waals surface area contributed by atoms with E-state index in [1.165, 1.54) is 24.2 Å². The largest absolute Gasteiger partial charge is 0.314 e. The Bertz CT molecular complexity index is 393. The summed E-state index contributed by atoms with van der Waals surface area (Å²) in [6.07, 6.45) is 4.94. The number of nitrogens with one attached hydrogen (secondary N) is 1. The molecule has 1 aliphatic carbocycles. The van der Waals surface area contributed by atoms with E-state index in [-0.39, 0.29) is 0 Å². The zero-order valence-corrected chi connectivity index (χ0v) is 12.9. The van der Waals surface area contributed by atoms with Crippen molar-refractivity contribution in [3.05, 3.63) is 17.5 Å². The maximum Gasteiger partial charge on any atom is 0.0624 e. The lowest BCUT2D eigenvalue weighted by Crippen LogP contribution is -2.28. The number of aromatic nitrogens is 2. The van der Waals surface area contributed by atoms with Crippen LogP contribution in [0.2, 0.25) is 0 Å². The Kier molecular flexibility index (Phi) is 5.03. The van der Waals surface area contributed by atoms with Crippen molar-refractivity contribution in [2.24, 2.45) is 11.8 Å². The van der Waals surface area contributed by atoms with Crippen LogP contribution < -0.4 is 5.32 Å². The molecule has 0 radical (unpaired) electrons. The minimum Gasteiger partial charge on any atom is -0.314 e. The summed E-state index contributed by atoms with van der Waals surface area (Å²) in [7, 11) is 0. The Hall–Kier alpha value is -0.830. The molecule has 19 heavy (non-hydrogen) atoms. The molecule has 1 fully saturated rings. The smallest absolute Gasteiger partial charge is 0.0624 e. The second kappa shape index (κ2) is 6.56. The first-order valence-corrected chi connectivity index (χ1v) is 7.93. The molecule has 2 rings (SSSR count). The van der Waals surface area contributed by atoms with Gasteiger partial charge in [0.05, 0.1) is 5.69 Å². The second-order valence-corrected chi connectivity index (χ2v) is 6.14. The van der Waals surface area contributed by atoms with Gasteiger partial charge in [-0.1, -0.05) is 20.8 Å². The molecule has 1 saturated carbocycles. The van der Waals surface area contributed by atoms with Gasteiger partial charge in [-0.05, 0) is 57.1 Å². The van der Waals surface area contributed by atoms with Crippen LogP contribution in [0.4, 0.5) is 0 Å². The highest BCUT2D eigenvalue weighted by atomic mass is 15.3. The van der Waals surface area contributed by atoms with Crippen LogP contribution in [0, 0.1) is 11.8 Å². The fourth-order valence-corrected chi connectivity index (χ4v) is 2.50. The van der Waals surface area contributed by atoms with Crippen LogP contribution in [0.5, 0.6) is 0 Å². The van der Waals surface area contributed by atoms with Crippen LogP contribution in [0.1, 0.15) is 51.9 Å². The van der Waals surface area contributed by atoms with Gasteiger partial charge in [-0.3, -0.25) is 4.68 Å². The van der Waals surface area contributed by atoms with Gasteiger partial charge in [0.2, 0.25) is 0 Å². The van der Waals surface area contributed by atoms with E-state index >= 15 is 0 Å². The van der Waals surface area contributed by atoms with Crippen molar-refractivity contribution >= 4 is 0 Å². The molecule has 0 saturated heterocycles. The number of hydrogen-bond acceptors (Lipinski definition) is 2. The van der Waals surface area contributed by atoms with Crippen molar-refractivity contribution in [2.75, 3.05) is 6.54 Å². The first-order chi connectivity index (χ1) is 9.13. The number of nitrogens with zero attached hydrogens (tertiary/aromatic N) is 2. The Morgan fingerprint density at radius 2 is 2.05 bits per heavy atom. The second-order valence-electron chi connectivity index (χ2n) is 6.14. The van der Waals surface area contributed by atoms with Gasteiger partial charge in [0.15, 0.2) is 0 Å². The average molecular weight is 263 g/mol. The van der Waals surface area contributed by atoms with Crippen molar-refractivity contribution in [2.45, 2.75) is 66.0 Å². The van der Waals surface area contributed by atoms with E-state index in [2.05, 4.69) is 48.9 Å². The van der Waals surface area contributed by atoms with Gasteiger partial charge in [-0.2, -0.15) is 5.10 Å². The normalized spacial score (nSPS) is 18.5. The molecule has 0 aromatic carbocycles. The molecule has 2 atom stereocenters. The Labute approximate surface area is 117 Å². The van der Waals surface area contributed by atoms with Gasteiger partial charge >= 0.3 is 0 Å². The monoisotopic (exact) mass is 263 g/mol. The van der Waals surface area contributed by atoms with Crippen LogP contribution in [0.3, 0.4) is 0 Å². The van der Waals surface area contributed by atoms with Crippen molar-refractivity contribution in [3.8, 4) is 0 Å². The molecule has 3 heteroatoms. The van der Waals surface area contributed by atoms with E-state index in [9.17, 15) is 0 Å². The minimum absolute atomic E-state index is 0.706. The van der Waals surface area contributed by atoms with Crippen LogP contribution >= 0.6 is 0 Å².